The first-order valence-corrected chi connectivity index (χ1v) is 9.78. The first-order chi connectivity index (χ1) is 14.2. The van der Waals surface area contributed by atoms with Gasteiger partial charge in [0, 0.05) is 12.2 Å². The maximum Gasteiger partial charge on any atom is 0.418 e. The maximum atomic E-state index is 13.1. The first kappa shape index (κ1) is 23.8. The van der Waals surface area contributed by atoms with E-state index in [1.165, 1.54) is 17.0 Å². The minimum Gasteiger partial charge on any atom is -0.387 e. The van der Waals surface area contributed by atoms with Crippen LogP contribution in [-0.2, 0) is 9.53 Å². The van der Waals surface area contributed by atoms with Gasteiger partial charge in [0.15, 0.2) is 6.10 Å². The molecule has 1 aliphatic heterocycles. The van der Waals surface area contributed by atoms with Crippen LogP contribution in [0.3, 0.4) is 0 Å². The fourth-order valence-corrected chi connectivity index (χ4v) is 4.25. The van der Waals surface area contributed by atoms with E-state index in [-0.39, 0.29) is 37.2 Å². The van der Waals surface area contributed by atoms with Gasteiger partial charge < -0.3 is 19.8 Å². The predicted octanol–water partition coefficient (Wildman–Crippen LogP) is 3.89. The van der Waals surface area contributed by atoms with Gasteiger partial charge >= 0.3 is 12.4 Å². The Morgan fingerprint density at radius 3 is 2.10 bits per heavy atom. The van der Waals surface area contributed by atoms with Crippen molar-refractivity contribution >= 4 is 11.6 Å². The number of hydrogen-bond donors (Lipinski definition) is 2. The van der Waals surface area contributed by atoms with Crippen LogP contribution in [0.2, 0.25) is 0 Å². The summed E-state index contributed by atoms with van der Waals surface area (Å²) in [7, 11) is 0. The van der Waals surface area contributed by atoms with E-state index in [4.69, 9.17) is 0 Å². The van der Waals surface area contributed by atoms with Crippen LogP contribution >= 0.6 is 0 Å². The Morgan fingerprint density at radius 2 is 1.58 bits per heavy atom. The van der Waals surface area contributed by atoms with Gasteiger partial charge in [-0.2, -0.15) is 26.3 Å². The molecule has 0 unspecified atom stereocenters. The highest BCUT2D eigenvalue weighted by molar-refractivity contribution is 6.00. The van der Waals surface area contributed by atoms with Gasteiger partial charge in [0.1, 0.15) is 6.61 Å². The maximum absolute atomic E-state index is 13.1. The molecular weight excluding hydrogens is 432 g/mol. The van der Waals surface area contributed by atoms with Crippen LogP contribution in [0.5, 0.6) is 0 Å². The third kappa shape index (κ3) is 5.32. The van der Waals surface area contributed by atoms with Gasteiger partial charge in [0.05, 0.1) is 17.6 Å². The number of carbonyl (C=O) groups is 1. The third-order valence-corrected chi connectivity index (χ3v) is 6.12. The first-order valence-electron chi connectivity index (χ1n) is 9.78. The van der Waals surface area contributed by atoms with Gasteiger partial charge in [0.25, 0.3) is 0 Å². The molecule has 1 amide bonds. The number of aliphatic hydroxyl groups is 2. The van der Waals surface area contributed by atoms with E-state index in [0.717, 1.165) is 12.1 Å². The van der Waals surface area contributed by atoms with E-state index in [1.807, 2.05) is 0 Å². The number of rotatable bonds is 5. The molecule has 1 aromatic carbocycles. The van der Waals surface area contributed by atoms with Gasteiger partial charge in [-0.1, -0.05) is 12.1 Å². The zero-order chi connectivity index (χ0) is 23.1. The Balaban J connectivity index is 1.61. The topological polar surface area (TPSA) is 70.0 Å². The van der Waals surface area contributed by atoms with Crippen molar-refractivity contribution in [1.82, 2.24) is 0 Å². The molecule has 2 N–H and O–H groups in total. The minimum absolute atomic E-state index is 0.112. The third-order valence-electron chi connectivity index (χ3n) is 6.12. The number of aliphatic hydroxyl groups excluding tert-OH is 1. The molecule has 11 heteroatoms. The summed E-state index contributed by atoms with van der Waals surface area (Å²) in [5.74, 6) is -0.227. The average Bonchev–Trinajstić information content (AvgIpc) is 2.99. The lowest BCUT2D eigenvalue weighted by Gasteiger charge is -2.40. The second-order valence-electron chi connectivity index (χ2n) is 8.36. The van der Waals surface area contributed by atoms with Crippen LogP contribution in [-0.4, -0.2) is 53.8 Å². The zero-order valence-corrected chi connectivity index (χ0v) is 16.5. The van der Waals surface area contributed by atoms with Crippen molar-refractivity contribution in [2.24, 2.45) is 5.41 Å². The second-order valence-corrected chi connectivity index (χ2v) is 8.36. The van der Waals surface area contributed by atoms with Crippen molar-refractivity contribution in [3.8, 4) is 0 Å². The smallest absolute Gasteiger partial charge is 0.387 e. The Hall–Kier alpha value is -1.85. The Bertz CT molecular complexity index is 784. The van der Waals surface area contributed by atoms with Crippen molar-refractivity contribution < 1.29 is 46.1 Å². The monoisotopic (exact) mass is 455 g/mol. The van der Waals surface area contributed by atoms with Crippen LogP contribution < -0.4 is 4.90 Å². The summed E-state index contributed by atoms with van der Waals surface area (Å²) in [4.78, 5) is 14.5. The Kier molecular flexibility index (Phi) is 6.34. The van der Waals surface area contributed by atoms with E-state index >= 15 is 0 Å². The van der Waals surface area contributed by atoms with E-state index < -0.39 is 42.7 Å². The van der Waals surface area contributed by atoms with Crippen LogP contribution in [0.1, 0.15) is 43.8 Å². The number of hydrogen-bond acceptors (Lipinski definition) is 4. The highest BCUT2D eigenvalue weighted by atomic mass is 19.4. The van der Waals surface area contributed by atoms with E-state index in [9.17, 15) is 41.4 Å². The molecule has 1 atom stereocenters. The predicted molar refractivity (Wildman–Crippen MR) is 97.2 cm³/mol. The molecule has 2 aliphatic rings. The van der Waals surface area contributed by atoms with Crippen molar-refractivity contribution in [2.45, 2.75) is 56.2 Å². The van der Waals surface area contributed by atoms with Crippen LogP contribution in [0.25, 0.3) is 0 Å². The van der Waals surface area contributed by atoms with Gasteiger partial charge in [0.2, 0.25) is 5.91 Å². The summed E-state index contributed by atoms with van der Waals surface area (Å²) in [6.07, 6.45) is -10.6. The lowest BCUT2D eigenvalue weighted by molar-refractivity contribution is -0.206. The number of alkyl halides is 6. The summed E-state index contributed by atoms with van der Waals surface area (Å²) in [5.41, 5.74) is -2.13. The normalized spacial score (nSPS) is 28.4. The average molecular weight is 455 g/mol. The van der Waals surface area contributed by atoms with E-state index in [0.29, 0.717) is 18.7 Å². The number of carbonyl (C=O) groups excluding carboxylic acids is 1. The van der Waals surface area contributed by atoms with Crippen LogP contribution in [0.15, 0.2) is 24.3 Å². The lowest BCUT2D eigenvalue weighted by atomic mass is 9.68. The molecule has 5 nitrogen and oxygen atoms in total. The molecule has 0 bridgehead atoms. The highest BCUT2D eigenvalue weighted by Crippen LogP contribution is 2.49. The molecule has 31 heavy (non-hydrogen) atoms. The molecule has 1 spiro atoms. The minimum atomic E-state index is -4.79. The summed E-state index contributed by atoms with van der Waals surface area (Å²) in [6, 6.07) is 4.91. The van der Waals surface area contributed by atoms with E-state index in [1.54, 1.807) is 0 Å². The molecule has 1 saturated heterocycles. The number of anilines is 1. The summed E-state index contributed by atoms with van der Waals surface area (Å²) in [5, 5.41) is 19.8. The summed E-state index contributed by atoms with van der Waals surface area (Å²) >= 11 is 0. The zero-order valence-electron chi connectivity index (χ0n) is 16.5. The van der Waals surface area contributed by atoms with E-state index in [2.05, 4.69) is 4.74 Å². The van der Waals surface area contributed by atoms with Gasteiger partial charge in [-0.05, 0) is 49.8 Å². The molecule has 174 valence electrons. The molecule has 0 radical (unpaired) electrons. The van der Waals surface area contributed by atoms with Crippen LogP contribution in [0.4, 0.5) is 32.0 Å². The molecule has 1 saturated carbocycles. The Morgan fingerprint density at radius 1 is 1.00 bits per heavy atom. The van der Waals surface area contributed by atoms with Crippen molar-refractivity contribution in [3.63, 3.8) is 0 Å². The largest absolute Gasteiger partial charge is 0.418 e. The molecule has 3 rings (SSSR count). The van der Waals surface area contributed by atoms with Crippen molar-refractivity contribution in [1.29, 1.82) is 0 Å². The second kappa shape index (κ2) is 8.25. The summed E-state index contributed by atoms with van der Waals surface area (Å²) in [6.45, 7) is -1.58. The molecule has 2 fully saturated rings. The molecule has 0 aromatic heterocycles. The number of ether oxygens (including phenoxy) is 1. The number of halogens is 6. The van der Waals surface area contributed by atoms with Gasteiger partial charge in [-0.3, -0.25) is 4.79 Å². The fraction of sp³-hybridized carbons (Fsp3) is 0.650. The molecule has 1 heterocycles. The molecular formula is C20H23F6NO4. The number of amides is 1. The number of nitrogens with zero attached hydrogens (tertiary/aromatic N) is 1. The standard InChI is InChI=1S/C20H23F6NO4/c21-19(22,23)12-31-11-18(30)7-5-17(6-8-18)9-10-27(16(17)29)14-3-1-13(2-4-14)15(28)20(24,25)26/h1-4,15,28,30H,5-12H2/t15-,17?,18?/m1/s1. The van der Waals surface area contributed by atoms with Crippen molar-refractivity contribution in [2.75, 3.05) is 24.7 Å². The highest BCUT2D eigenvalue weighted by Gasteiger charge is 2.51. The van der Waals surface area contributed by atoms with Crippen molar-refractivity contribution in [3.05, 3.63) is 29.8 Å². The quantitative estimate of drug-likeness (QED) is 0.662. The fourth-order valence-electron chi connectivity index (χ4n) is 4.25. The molecule has 1 aliphatic carbocycles. The molecule has 1 aromatic rings. The summed E-state index contributed by atoms with van der Waals surface area (Å²) < 4.78 is 79.2. The Labute approximate surface area is 174 Å². The van der Waals surface area contributed by atoms with Crippen LogP contribution in [0, 0.1) is 5.41 Å². The lowest BCUT2D eigenvalue weighted by Crippen LogP contribution is -2.46. The van der Waals surface area contributed by atoms with Gasteiger partial charge in [-0.15, -0.1) is 0 Å². The SMILES string of the molecule is O=C1N(c2ccc([C@@H](O)C(F)(F)F)cc2)CCC12CCC(O)(COCC(F)(F)F)CC2. The van der Waals surface area contributed by atoms with Gasteiger partial charge in [-0.25, -0.2) is 0 Å². The number of benzene rings is 1.